The van der Waals surface area contributed by atoms with E-state index in [2.05, 4.69) is 22.6 Å². The fourth-order valence-electron chi connectivity index (χ4n) is 2.26. The zero-order valence-electron chi connectivity index (χ0n) is 13.5. The number of nitrogens with zero attached hydrogens (tertiary/aromatic N) is 1. The van der Waals surface area contributed by atoms with Crippen LogP contribution in [0.15, 0.2) is 28.7 Å². The van der Waals surface area contributed by atoms with E-state index in [1.807, 2.05) is 19.1 Å². The van der Waals surface area contributed by atoms with E-state index in [4.69, 9.17) is 9.15 Å². The number of hydrogen-bond donors (Lipinski definition) is 0. The van der Waals surface area contributed by atoms with Gasteiger partial charge in [-0.3, -0.25) is 4.79 Å². The molecule has 0 atom stereocenters. The van der Waals surface area contributed by atoms with Crippen LogP contribution in [0.4, 0.5) is 0 Å². The van der Waals surface area contributed by atoms with E-state index in [0.29, 0.717) is 22.6 Å². The van der Waals surface area contributed by atoms with Crippen molar-refractivity contribution in [3.05, 3.63) is 56.0 Å². The summed E-state index contributed by atoms with van der Waals surface area (Å²) in [6, 6.07) is 7.26. The van der Waals surface area contributed by atoms with E-state index in [9.17, 15) is 9.59 Å². The Kier molecular flexibility index (Phi) is 5.46. The SMILES string of the molecule is COC(=O)c1cc(CN(C)C(=O)c2cccc(C)c2I)oc1C. The lowest BCUT2D eigenvalue weighted by Gasteiger charge is -2.17. The van der Waals surface area contributed by atoms with Crippen LogP contribution in [0.25, 0.3) is 0 Å². The van der Waals surface area contributed by atoms with Gasteiger partial charge in [0, 0.05) is 10.6 Å². The highest BCUT2D eigenvalue weighted by Crippen LogP contribution is 2.21. The summed E-state index contributed by atoms with van der Waals surface area (Å²) < 4.78 is 11.2. The van der Waals surface area contributed by atoms with Crippen LogP contribution in [0.5, 0.6) is 0 Å². The third-order valence-corrected chi connectivity index (χ3v) is 4.97. The van der Waals surface area contributed by atoms with Crippen molar-refractivity contribution in [2.75, 3.05) is 14.2 Å². The Morgan fingerprint density at radius 2 is 1.96 bits per heavy atom. The Hall–Kier alpha value is -1.83. The smallest absolute Gasteiger partial charge is 0.341 e. The Bertz CT molecular complexity index is 751. The second kappa shape index (κ2) is 7.16. The predicted molar refractivity (Wildman–Crippen MR) is 94.5 cm³/mol. The van der Waals surface area contributed by atoms with Gasteiger partial charge in [-0.1, -0.05) is 12.1 Å². The molecule has 23 heavy (non-hydrogen) atoms. The van der Waals surface area contributed by atoms with Gasteiger partial charge in [0.25, 0.3) is 5.91 Å². The maximum Gasteiger partial charge on any atom is 0.341 e. The monoisotopic (exact) mass is 427 g/mol. The van der Waals surface area contributed by atoms with Crippen molar-refractivity contribution in [2.45, 2.75) is 20.4 Å². The number of ether oxygens (including phenoxy) is 1. The summed E-state index contributed by atoms with van der Waals surface area (Å²) in [5.74, 6) is 0.491. The second-order valence-corrected chi connectivity index (χ2v) is 6.35. The molecule has 0 fully saturated rings. The summed E-state index contributed by atoms with van der Waals surface area (Å²) in [5.41, 5.74) is 2.10. The van der Waals surface area contributed by atoms with Crippen molar-refractivity contribution in [1.82, 2.24) is 4.90 Å². The highest BCUT2D eigenvalue weighted by molar-refractivity contribution is 14.1. The van der Waals surface area contributed by atoms with Crippen molar-refractivity contribution < 1.29 is 18.7 Å². The number of carbonyl (C=O) groups is 2. The first-order chi connectivity index (χ1) is 10.8. The number of furan rings is 1. The molecule has 122 valence electrons. The summed E-state index contributed by atoms with van der Waals surface area (Å²) in [5, 5.41) is 0. The van der Waals surface area contributed by atoms with Gasteiger partial charge < -0.3 is 14.1 Å². The largest absolute Gasteiger partial charge is 0.465 e. The van der Waals surface area contributed by atoms with Gasteiger partial charge in [0.2, 0.25) is 0 Å². The van der Waals surface area contributed by atoms with E-state index in [-0.39, 0.29) is 12.5 Å². The Morgan fingerprint density at radius 3 is 2.61 bits per heavy atom. The molecule has 0 saturated carbocycles. The topological polar surface area (TPSA) is 59.8 Å². The minimum Gasteiger partial charge on any atom is -0.465 e. The van der Waals surface area contributed by atoms with E-state index in [0.717, 1.165) is 9.13 Å². The molecule has 2 aromatic rings. The Labute approximate surface area is 148 Å². The number of aryl methyl sites for hydroxylation is 2. The number of hydrogen-bond acceptors (Lipinski definition) is 4. The van der Waals surface area contributed by atoms with Gasteiger partial charge in [-0.2, -0.15) is 0 Å². The molecular weight excluding hydrogens is 409 g/mol. The standard InChI is InChI=1S/C17H18INO4/c1-10-6-5-7-13(15(10)18)16(20)19(3)9-12-8-14(11(2)23-12)17(21)22-4/h5-8H,9H2,1-4H3. The van der Waals surface area contributed by atoms with Crippen molar-refractivity contribution >= 4 is 34.5 Å². The number of amides is 1. The molecule has 0 bridgehead atoms. The number of halogens is 1. The van der Waals surface area contributed by atoms with Crippen molar-refractivity contribution in [1.29, 1.82) is 0 Å². The molecule has 0 aliphatic heterocycles. The first-order valence-electron chi connectivity index (χ1n) is 7.03. The highest BCUT2D eigenvalue weighted by atomic mass is 127. The molecule has 0 aliphatic carbocycles. The van der Waals surface area contributed by atoms with Gasteiger partial charge in [0.05, 0.1) is 19.2 Å². The number of rotatable bonds is 4. The zero-order valence-corrected chi connectivity index (χ0v) is 15.6. The second-order valence-electron chi connectivity index (χ2n) is 5.27. The van der Waals surface area contributed by atoms with Crippen LogP contribution in [0, 0.1) is 17.4 Å². The summed E-state index contributed by atoms with van der Waals surface area (Å²) in [6.45, 7) is 3.94. The summed E-state index contributed by atoms with van der Waals surface area (Å²) in [6.07, 6.45) is 0. The average Bonchev–Trinajstić information content (AvgIpc) is 2.89. The van der Waals surface area contributed by atoms with Gasteiger partial charge in [-0.05, 0) is 54.1 Å². The molecular formula is C17H18INO4. The van der Waals surface area contributed by atoms with Crippen LogP contribution in [-0.4, -0.2) is 30.9 Å². The van der Waals surface area contributed by atoms with Gasteiger partial charge in [0.15, 0.2) is 0 Å². The van der Waals surface area contributed by atoms with E-state index < -0.39 is 5.97 Å². The third-order valence-electron chi connectivity index (χ3n) is 3.54. The molecule has 0 radical (unpaired) electrons. The molecule has 5 nitrogen and oxygen atoms in total. The lowest BCUT2D eigenvalue weighted by atomic mass is 10.1. The highest BCUT2D eigenvalue weighted by Gasteiger charge is 2.20. The predicted octanol–water partition coefficient (Wildman–Crippen LogP) is 3.56. The van der Waals surface area contributed by atoms with Gasteiger partial charge in [-0.25, -0.2) is 4.79 Å². The molecule has 2 rings (SSSR count). The lowest BCUT2D eigenvalue weighted by molar-refractivity contribution is 0.0598. The van der Waals surface area contributed by atoms with Crippen molar-refractivity contribution in [3.8, 4) is 0 Å². The molecule has 1 aromatic carbocycles. The fraction of sp³-hybridized carbons (Fsp3) is 0.294. The summed E-state index contributed by atoms with van der Waals surface area (Å²) in [4.78, 5) is 25.8. The van der Waals surface area contributed by atoms with Crippen molar-refractivity contribution in [2.24, 2.45) is 0 Å². The molecule has 1 amide bonds. The molecule has 0 saturated heterocycles. The molecule has 6 heteroatoms. The number of benzene rings is 1. The quantitative estimate of drug-likeness (QED) is 0.553. The maximum absolute atomic E-state index is 12.6. The number of methoxy groups -OCH3 is 1. The van der Waals surface area contributed by atoms with E-state index in [1.54, 1.807) is 31.0 Å². The van der Waals surface area contributed by atoms with E-state index in [1.165, 1.54) is 7.11 Å². The molecule has 0 N–H and O–H groups in total. The fourth-order valence-corrected chi connectivity index (χ4v) is 2.85. The van der Waals surface area contributed by atoms with Crippen LogP contribution in [0.1, 0.15) is 37.8 Å². The minimum atomic E-state index is -0.445. The van der Waals surface area contributed by atoms with E-state index >= 15 is 0 Å². The van der Waals surface area contributed by atoms with Crippen molar-refractivity contribution in [3.63, 3.8) is 0 Å². The van der Waals surface area contributed by atoms with Crippen LogP contribution < -0.4 is 0 Å². The van der Waals surface area contributed by atoms with Crippen LogP contribution in [-0.2, 0) is 11.3 Å². The molecule has 1 aromatic heterocycles. The van der Waals surface area contributed by atoms with Crippen LogP contribution in [0.3, 0.4) is 0 Å². The molecule has 1 heterocycles. The summed E-state index contributed by atoms with van der Waals surface area (Å²) in [7, 11) is 3.03. The van der Waals surface area contributed by atoms with Crippen LogP contribution in [0.2, 0.25) is 0 Å². The first-order valence-corrected chi connectivity index (χ1v) is 8.11. The molecule has 0 unspecified atom stereocenters. The Morgan fingerprint density at radius 1 is 1.26 bits per heavy atom. The average molecular weight is 427 g/mol. The number of esters is 1. The molecule has 0 aliphatic rings. The maximum atomic E-state index is 12.6. The molecule has 0 spiro atoms. The van der Waals surface area contributed by atoms with Gasteiger partial charge in [-0.15, -0.1) is 0 Å². The zero-order chi connectivity index (χ0) is 17.1. The first kappa shape index (κ1) is 17.5. The van der Waals surface area contributed by atoms with Crippen LogP contribution >= 0.6 is 22.6 Å². The van der Waals surface area contributed by atoms with Gasteiger partial charge >= 0.3 is 5.97 Å². The third kappa shape index (κ3) is 3.74. The number of carbonyl (C=O) groups excluding carboxylic acids is 2. The minimum absolute atomic E-state index is 0.0910. The lowest BCUT2D eigenvalue weighted by Crippen LogP contribution is -2.26. The normalized spacial score (nSPS) is 10.5. The van der Waals surface area contributed by atoms with Gasteiger partial charge in [0.1, 0.15) is 17.1 Å². The summed E-state index contributed by atoms with van der Waals surface area (Å²) >= 11 is 2.18. The Balaban J connectivity index is 2.19.